The zero-order valence-corrected chi connectivity index (χ0v) is 18.2. The number of anilines is 1. The third-order valence-electron chi connectivity index (χ3n) is 4.63. The van der Waals surface area contributed by atoms with Crippen molar-refractivity contribution in [1.29, 1.82) is 0 Å². The number of aromatic nitrogens is 3. The van der Waals surface area contributed by atoms with Crippen molar-refractivity contribution >= 4 is 21.6 Å². The number of benzene rings is 1. The van der Waals surface area contributed by atoms with Gasteiger partial charge in [-0.1, -0.05) is 12.1 Å². The van der Waals surface area contributed by atoms with Crippen molar-refractivity contribution in [2.24, 2.45) is 0 Å². The van der Waals surface area contributed by atoms with Crippen LogP contribution >= 0.6 is 0 Å². The summed E-state index contributed by atoms with van der Waals surface area (Å²) in [5.74, 6) is -2.25. The lowest BCUT2D eigenvalue weighted by Gasteiger charge is -2.16. The van der Waals surface area contributed by atoms with E-state index in [1.54, 1.807) is 0 Å². The van der Waals surface area contributed by atoms with Crippen molar-refractivity contribution in [3.63, 3.8) is 0 Å². The summed E-state index contributed by atoms with van der Waals surface area (Å²) in [6, 6.07) is 5.66. The third-order valence-corrected chi connectivity index (χ3v) is 5.22. The molecular formula is C20H19F4N5O3S. The predicted octanol–water partition coefficient (Wildman–Crippen LogP) is 3.22. The maximum absolute atomic E-state index is 14.2. The Morgan fingerprint density at radius 2 is 1.94 bits per heavy atom. The summed E-state index contributed by atoms with van der Waals surface area (Å²) >= 11 is 0. The zero-order valence-electron chi connectivity index (χ0n) is 17.4. The van der Waals surface area contributed by atoms with Crippen LogP contribution in [0.1, 0.15) is 29.7 Å². The predicted molar refractivity (Wildman–Crippen MR) is 111 cm³/mol. The summed E-state index contributed by atoms with van der Waals surface area (Å²) < 4.78 is 79.3. The number of rotatable bonds is 7. The number of imidazole rings is 1. The Morgan fingerprint density at radius 1 is 1.21 bits per heavy atom. The van der Waals surface area contributed by atoms with E-state index in [2.05, 4.69) is 15.3 Å². The Kier molecular flexibility index (Phi) is 6.72. The lowest BCUT2D eigenvalue weighted by Crippen LogP contribution is -2.28. The van der Waals surface area contributed by atoms with Crippen molar-refractivity contribution in [3.8, 4) is 5.82 Å². The first-order chi connectivity index (χ1) is 15.3. The van der Waals surface area contributed by atoms with Gasteiger partial charge in [0.15, 0.2) is 0 Å². The van der Waals surface area contributed by atoms with E-state index in [1.807, 2.05) is 4.72 Å². The second-order valence-electron chi connectivity index (χ2n) is 7.20. The maximum Gasteiger partial charge on any atom is 0.433 e. The quantitative estimate of drug-likeness (QED) is 0.500. The molecule has 176 valence electrons. The Hall–Kier alpha value is -3.48. The number of carbonyl (C=O) groups excluding carboxylic acids is 1. The number of hydrogen-bond acceptors (Lipinski definition) is 5. The van der Waals surface area contributed by atoms with Gasteiger partial charge in [-0.2, -0.15) is 13.2 Å². The van der Waals surface area contributed by atoms with Gasteiger partial charge in [0.1, 0.15) is 23.7 Å². The zero-order chi connectivity index (χ0) is 24.4. The van der Waals surface area contributed by atoms with E-state index < -0.39 is 39.5 Å². The fraction of sp³-hybridized carbons (Fsp3) is 0.250. The first-order valence-electron chi connectivity index (χ1n) is 9.45. The molecular weight excluding hydrogens is 466 g/mol. The van der Waals surface area contributed by atoms with Gasteiger partial charge in [-0.3, -0.25) is 14.1 Å². The number of amides is 1. The Balaban J connectivity index is 1.77. The van der Waals surface area contributed by atoms with Crippen LogP contribution in [0.2, 0.25) is 0 Å². The molecule has 1 atom stereocenters. The first kappa shape index (κ1) is 24.2. The smallest absolute Gasteiger partial charge is 0.351 e. The second kappa shape index (κ2) is 9.17. The maximum atomic E-state index is 14.2. The number of sulfonamides is 1. The molecule has 3 aromatic rings. The molecule has 0 spiro atoms. The summed E-state index contributed by atoms with van der Waals surface area (Å²) in [6.45, 7) is 1.37. The van der Waals surface area contributed by atoms with Gasteiger partial charge >= 0.3 is 6.18 Å². The summed E-state index contributed by atoms with van der Waals surface area (Å²) in [5, 5.41) is 2.60. The van der Waals surface area contributed by atoms with Crippen LogP contribution in [0.5, 0.6) is 0 Å². The number of nitrogens with zero attached hydrogens (tertiary/aromatic N) is 3. The molecule has 1 aromatic carbocycles. The van der Waals surface area contributed by atoms with Gasteiger partial charge in [0, 0.05) is 24.5 Å². The van der Waals surface area contributed by atoms with Crippen molar-refractivity contribution in [1.82, 2.24) is 19.9 Å². The second-order valence-corrected chi connectivity index (χ2v) is 8.95. The number of halogens is 4. The summed E-state index contributed by atoms with van der Waals surface area (Å²) in [4.78, 5) is 20.1. The molecule has 8 nitrogen and oxygen atoms in total. The van der Waals surface area contributed by atoms with Gasteiger partial charge in [-0.25, -0.2) is 22.8 Å². The average Bonchev–Trinajstić information content (AvgIpc) is 3.26. The van der Waals surface area contributed by atoms with Crippen molar-refractivity contribution in [2.45, 2.75) is 25.6 Å². The molecule has 0 aliphatic carbocycles. The minimum absolute atomic E-state index is 0.0440. The molecule has 0 aliphatic heterocycles. The number of pyridine rings is 1. The Morgan fingerprint density at radius 3 is 2.52 bits per heavy atom. The lowest BCUT2D eigenvalue weighted by atomic mass is 9.99. The van der Waals surface area contributed by atoms with Crippen LogP contribution in [0.25, 0.3) is 5.82 Å². The number of alkyl halides is 3. The molecule has 2 N–H and O–H groups in total. The Bertz CT molecular complexity index is 1260. The van der Waals surface area contributed by atoms with E-state index in [-0.39, 0.29) is 23.6 Å². The van der Waals surface area contributed by atoms with Gasteiger partial charge < -0.3 is 5.32 Å². The minimum Gasteiger partial charge on any atom is -0.351 e. The topological polar surface area (TPSA) is 106 Å². The van der Waals surface area contributed by atoms with Crippen LogP contribution in [-0.2, 0) is 27.5 Å². The van der Waals surface area contributed by atoms with Gasteiger partial charge in [-0.05, 0) is 30.7 Å². The standard InChI is InChI=1S/C20H19F4N5O3S/c1-12(13-3-5-16(15(21)9-13)28-33(2,31)32)19(30)26-10-14-4-6-17(20(22,23)24)27-18(14)29-8-7-25-11-29/h3-9,11-12,28H,10H2,1-2H3,(H,26,30). The molecule has 0 saturated carbocycles. The average molecular weight is 485 g/mol. The SMILES string of the molecule is CC(C(=O)NCc1ccc(C(F)(F)F)nc1-n1ccnc1)c1ccc(NS(C)(=O)=O)c(F)c1. The molecule has 1 unspecified atom stereocenters. The van der Waals surface area contributed by atoms with Crippen LogP contribution < -0.4 is 10.0 Å². The molecule has 3 rings (SSSR count). The van der Waals surface area contributed by atoms with E-state index in [4.69, 9.17) is 0 Å². The summed E-state index contributed by atoms with van der Waals surface area (Å²) in [6.07, 6.45) is 0.318. The van der Waals surface area contributed by atoms with E-state index in [1.165, 1.54) is 48.4 Å². The summed E-state index contributed by atoms with van der Waals surface area (Å²) in [5.41, 5.74) is -0.757. The van der Waals surface area contributed by atoms with Crippen LogP contribution in [0.15, 0.2) is 49.1 Å². The van der Waals surface area contributed by atoms with Crippen molar-refractivity contribution < 1.29 is 30.8 Å². The van der Waals surface area contributed by atoms with Crippen LogP contribution in [-0.4, -0.2) is 35.1 Å². The number of hydrogen-bond donors (Lipinski definition) is 2. The molecule has 1 amide bonds. The van der Waals surface area contributed by atoms with Crippen molar-refractivity contribution in [3.05, 3.63) is 71.7 Å². The molecule has 0 saturated heterocycles. The molecule has 0 fully saturated rings. The van der Waals surface area contributed by atoms with Crippen LogP contribution in [0.3, 0.4) is 0 Å². The van der Waals surface area contributed by atoms with Gasteiger partial charge in [0.2, 0.25) is 15.9 Å². The monoisotopic (exact) mass is 485 g/mol. The molecule has 13 heteroatoms. The highest BCUT2D eigenvalue weighted by molar-refractivity contribution is 7.92. The highest BCUT2D eigenvalue weighted by Crippen LogP contribution is 2.29. The molecule has 0 radical (unpaired) electrons. The normalized spacial score (nSPS) is 12.9. The largest absolute Gasteiger partial charge is 0.433 e. The molecule has 2 aromatic heterocycles. The van der Waals surface area contributed by atoms with Crippen molar-refractivity contribution in [2.75, 3.05) is 11.0 Å². The minimum atomic E-state index is -4.65. The third kappa shape index (κ3) is 6.06. The van der Waals surface area contributed by atoms with Crippen LogP contribution in [0, 0.1) is 5.82 Å². The number of carbonyl (C=O) groups is 1. The van der Waals surface area contributed by atoms with E-state index in [0.717, 1.165) is 18.4 Å². The lowest BCUT2D eigenvalue weighted by molar-refractivity contribution is -0.141. The first-order valence-corrected chi connectivity index (χ1v) is 11.3. The van der Waals surface area contributed by atoms with Crippen LogP contribution in [0.4, 0.5) is 23.2 Å². The van der Waals surface area contributed by atoms with E-state index in [9.17, 15) is 30.8 Å². The van der Waals surface area contributed by atoms with Gasteiger partial charge in [-0.15, -0.1) is 0 Å². The molecule has 0 bridgehead atoms. The molecule has 2 heterocycles. The van der Waals surface area contributed by atoms with Gasteiger partial charge in [0.05, 0.1) is 17.9 Å². The highest BCUT2D eigenvalue weighted by Gasteiger charge is 2.33. The van der Waals surface area contributed by atoms with Gasteiger partial charge in [0.25, 0.3) is 0 Å². The summed E-state index contributed by atoms with van der Waals surface area (Å²) in [7, 11) is -3.68. The Labute approximate surface area is 186 Å². The highest BCUT2D eigenvalue weighted by atomic mass is 32.2. The fourth-order valence-corrected chi connectivity index (χ4v) is 3.52. The molecule has 33 heavy (non-hydrogen) atoms. The number of nitrogens with one attached hydrogen (secondary N) is 2. The molecule has 0 aliphatic rings. The van der Waals surface area contributed by atoms with E-state index in [0.29, 0.717) is 5.56 Å². The van der Waals surface area contributed by atoms with E-state index >= 15 is 0 Å². The fourth-order valence-electron chi connectivity index (χ4n) is 2.95.